The lowest BCUT2D eigenvalue weighted by Gasteiger charge is -2.02. The molecule has 7 heteroatoms. The lowest BCUT2D eigenvalue weighted by atomic mass is 10.3. The molecule has 1 rings (SSSR count). The highest BCUT2D eigenvalue weighted by atomic mass is 16.5. The van der Waals surface area contributed by atoms with Crippen LogP contribution in [0.4, 0.5) is 0 Å². The maximum atomic E-state index is 11.5. The highest BCUT2D eigenvalue weighted by Crippen LogP contribution is 2.02. The molecule has 0 aliphatic carbocycles. The zero-order valence-electron chi connectivity index (χ0n) is 9.52. The third kappa shape index (κ3) is 4.23. The van der Waals surface area contributed by atoms with Crippen LogP contribution in [0.3, 0.4) is 0 Å². The number of aromatic carboxylic acids is 1. The smallest absolute Gasteiger partial charge is 0.374 e. The molecule has 0 aliphatic heterocycles. The Morgan fingerprint density at radius 3 is 2.82 bits per heavy atom. The van der Waals surface area contributed by atoms with Crippen LogP contribution in [-0.2, 0) is 0 Å². The molecule has 0 bridgehead atoms. The first kappa shape index (κ1) is 13.2. The minimum absolute atomic E-state index is 0.0224. The van der Waals surface area contributed by atoms with Crippen molar-refractivity contribution >= 4 is 11.9 Å². The molecule has 1 heterocycles. The van der Waals surface area contributed by atoms with Crippen molar-refractivity contribution in [2.75, 3.05) is 19.6 Å². The average Bonchev–Trinajstić information content (AvgIpc) is 2.78. The molecular weight excluding hydrogens is 226 g/mol. The van der Waals surface area contributed by atoms with Crippen molar-refractivity contribution in [3.63, 3.8) is 0 Å². The maximum Gasteiger partial charge on any atom is 0.374 e. The van der Waals surface area contributed by atoms with E-state index in [0.717, 1.165) is 25.6 Å². The van der Waals surface area contributed by atoms with Gasteiger partial charge in [-0.2, -0.15) is 0 Å². The number of amides is 1. The van der Waals surface area contributed by atoms with E-state index in [1.807, 2.05) is 6.92 Å². The highest BCUT2D eigenvalue weighted by molar-refractivity contribution is 5.94. The predicted octanol–water partition coefficient (Wildman–Crippen LogP) is 0.102. The molecule has 0 fully saturated rings. The second-order valence-electron chi connectivity index (χ2n) is 3.34. The van der Waals surface area contributed by atoms with Gasteiger partial charge in [0.2, 0.25) is 5.76 Å². The van der Waals surface area contributed by atoms with Gasteiger partial charge in [0.25, 0.3) is 5.91 Å². The molecule has 0 spiro atoms. The van der Waals surface area contributed by atoms with E-state index >= 15 is 0 Å². The number of hydrogen-bond donors (Lipinski definition) is 3. The summed E-state index contributed by atoms with van der Waals surface area (Å²) in [6, 6.07) is 1.10. The molecule has 0 saturated carbocycles. The Hall–Kier alpha value is -1.89. The molecule has 17 heavy (non-hydrogen) atoms. The third-order valence-electron chi connectivity index (χ3n) is 2.02. The lowest BCUT2D eigenvalue weighted by Crippen LogP contribution is -2.27. The molecule has 1 aromatic heterocycles. The highest BCUT2D eigenvalue weighted by Gasteiger charge is 2.15. The number of rotatable bonds is 7. The summed E-state index contributed by atoms with van der Waals surface area (Å²) in [5, 5.41) is 17.7. The van der Waals surface area contributed by atoms with Crippen molar-refractivity contribution in [3.8, 4) is 0 Å². The van der Waals surface area contributed by atoms with Crippen molar-refractivity contribution in [2.24, 2.45) is 0 Å². The minimum atomic E-state index is -1.25. The largest absolute Gasteiger partial charge is 0.475 e. The Morgan fingerprint density at radius 1 is 1.47 bits per heavy atom. The molecule has 1 amide bonds. The van der Waals surface area contributed by atoms with Crippen LogP contribution in [0.2, 0.25) is 0 Å². The van der Waals surface area contributed by atoms with Gasteiger partial charge >= 0.3 is 5.97 Å². The number of carbonyl (C=O) groups is 2. The van der Waals surface area contributed by atoms with Crippen molar-refractivity contribution < 1.29 is 19.2 Å². The fraction of sp³-hybridized carbons (Fsp3) is 0.500. The van der Waals surface area contributed by atoms with Crippen LogP contribution < -0.4 is 10.6 Å². The van der Waals surface area contributed by atoms with E-state index in [1.54, 1.807) is 0 Å². The van der Waals surface area contributed by atoms with Gasteiger partial charge in [-0.15, -0.1) is 0 Å². The summed E-state index contributed by atoms with van der Waals surface area (Å²) >= 11 is 0. The van der Waals surface area contributed by atoms with Crippen molar-refractivity contribution in [1.82, 2.24) is 15.8 Å². The van der Waals surface area contributed by atoms with Crippen molar-refractivity contribution in [2.45, 2.75) is 13.3 Å². The van der Waals surface area contributed by atoms with Crippen LogP contribution in [0.5, 0.6) is 0 Å². The first-order chi connectivity index (χ1) is 8.15. The van der Waals surface area contributed by atoms with Crippen LogP contribution in [0.1, 0.15) is 34.4 Å². The molecule has 0 aliphatic rings. The number of carboxylic acids is 1. The first-order valence-electron chi connectivity index (χ1n) is 5.34. The van der Waals surface area contributed by atoms with Gasteiger partial charge in [-0.05, 0) is 19.5 Å². The average molecular weight is 241 g/mol. The summed E-state index contributed by atoms with van der Waals surface area (Å²) < 4.78 is 4.47. The quantitative estimate of drug-likeness (QED) is 0.585. The monoisotopic (exact) mass is 241 g/mol. The van der Waals surface area contributed by atoms with Crippen LogP contribution in [0.25, 0.3) is 0 Å². The Bertz CT molecular complexity index is 389. The number of carbonyl (C=O) groups excluding carboxylic acids is 1. The summed E-state index contributed by atoms with van der Waals surface area (Å²) in [6.45, 7) is 4.21. The van der Waals surface area contributed by atoms with Gasteiger partial charge in [0.1, 0.15) is 0 Å². The van der Waals surface area contributed by atoms with Gasteiger partial charge in [-0.25, -0.2) is 4.79 Å². The van der Waals surface area contributed by atoms with E-state index in [-0.39, 0.29) is 11.5 Å². The summed E-state index contributed by atoms with van der Waals surface area (Å²) in [5.74, 6) is -2.02. The second kappa shape index (κ2) is 6.64. The molecule has 1 aromatic rings. The molecule has 0 saturated heterocycles. The predicted molar refractivity (Wildman–Crippen MR) is 59.0 cm³/mol. The van der Waals surface area contributed by atoms with Gasteiger partial charge in [0, 0.05) is 12.6 Å². The van der Waals surface area contributed by atoms with Crippen LogP contribution >= 0.6 is 0 Å². The molecule has 0 atom stereocenters. The molecule has 0 radical (unpaired) electrons. The van der Waals surface area contributed by atoms with Gasteiger partial charge in [0.05, 0.1) is 0 Å². The van der Waals surface area contributed by atoms with E-state index in [4.69, 9.17) is 5.11 Å². The number of nitrogens with one attached hydrogen (secondary N) is 2. The molecule has 94 valence electrons. The summed E-state index contributed by atoms with van der Waals surface area (Å²) in [5.41, 5.74) is -0.0224. The Balaban J connectivity index is 2.34. The van der Waals surface area contributed by atoms with E-state index in [1.165, 1.54) is 0 Å². The van der Waals surface area contributed by atoms with E-state index in [2.05, 4.69) is 20.3 Å². The summed E-state index contributed by atoms with van der Waals surface area (Å²) in [6.07, 6.45) is 0.795. The second-order valence-corrected chi connectivity index (χ2v) is 3.34. The molecule has 3 N–H and O–H groups in total. The Morgan fingerprint density at radius 2 is 2.24 bits per heavy atom. The van der Waals surface area contributed by atoms with E-state index in [9.17, 15) is 9.59 Å². The normalized spacial score (nSPS) is 10.2. The molecular formula is C10H15N3O4. The molecule has 7 nitrogen and oxygen atoms in total. The maximum absolute atomic E-state index is 11.5. The number of carboxylic acid groups (broad SMARTS) is 1. The van der Waals surface area contributed by atoms with Crippen LogP contribution in [0.15, 0.2) is 10.6 Å². The first-order valence-corrected chi connectivity index (χ1v) is 5.34. The topological polar surface area (TPSA) is 104 Å². The zero-order chi connectivity index (χ0) is 12.7. The Kier molecular flexibility index (Phi) is 5.15. The SMILES string of the molecule is CCNCCCNC(=O)c1cc(C(=O)O)on1. The minimum Gasteiger partial charge on any atom is -0.475 e. The number of aromatic nitrogens is 1. The zero-order valence-corrected chi connectivity index (χ0v) is 9.52. The van der Waals surface area contributed by atoms with Crippen LogP contribution in [0, 0.1) is 0 Å². The standard InChI is InChI=1S/C10H15N3O4/c1-2-11-4-3-5-12-9(14)7-6-8(10(15)16)17-13-7/h6,11H,2-5H2,1H3,(H,12,14)(H,15,16). The molecule has 0 aromatic carbocycles. The van der Waals surface area contributed by atoms with Crippen molar-refractivity contribution in [3.05, 3.63) is 17.5 Å². The third-order valence-corrected chi connectivity index (χ3v) is 2.02. The molecule has 0 unspecified atom stereocenters. The number of hydrogen-bond acceptors (Lipinski definition) is 5. The van der Waals surface area contributed by atoms with E-state index in [0.29, 0.717) is 6.54 Å². The van der Waals surface area contributed by atoms with Gasteiger partial charge in [0.15, 0.2) is 5.69 Å². The van der Waals surface area contributed by atoms with E-state index < -0.39 is 11.9 Å². The summed E-state index contributed by atoms with van der Waals surface area (Å²) in [4.78, 5) is 22.0. The van der Waals surface area contributed by atoms with Gasteiger partial charge in [-0.1, -0.05) is 12.1 Å². The number of nitrogens with zero attached hydrogens (tertiary/aromatic N) is 1. The van der Waals surface area contributed by atoms with Crippen LogP contribution in [-0.4, -0.2) is 41.8 Å². The lowest BCUT2D eigenvalue weighted by molar-refractivity contribution is 0.0651. The summed E-state index contributed by atoms with van der Waals surface area (Å²) in [7, 11) is 0. The Labute approximate surface area is 98.2 Å². The van der Waals surface area contributed by atoms with Crippen molar-refractivity contribution in [1.29, 1.82) is 0 Å². The fourth-order valence-corrected chi connectivity index (χ4v) is 1.17. The van der Waals surface area contributed by atoms with Gasteiger partial charge in [-0.3, -0.25) is 4.79 Å². The van der Waals surface area contributed by atoms with Gasteiger partial charge < -0.3 is 20.3 Å². The fourth-order valence-electron chi connectivity index (χ4n) is 1.17.